The molecule has 3 N–H and O–H groups in total. The lowest BCUT2D eigenvalue weighted by atomic mass is 10.1. The highest BCUT2D eigenvalue weighted by Gasteiger charge is 1.98. The maximum atomic E-state index is 8.64. The van der Waals surface area contributed by atoms with Crippen LogP contribution in [-0.4, -0.2) is 31.3 Å². The fourth-order valence-corrected chi connectivity index (χ4v) is 1.87. The number of nitrogens with one attached hydrogen (secondary N) is 2. The Labute approximate surface area is 101 Å². The van der Waals surface area contributed by atoms with Gasteiger partial charge in [-0.15, -0.1) is 0 Å². The van der Waals surface area contributed by atoms with Gasteiger partial charge in [-0.05, 0) is 11.5 Å². The Morgan fingerprint density at radius 3 is 2.59 bits per heavy atom. The minimum atomic E-state index is 0.189. The van der Waals surface area contributed by atoms with Gasteiger partial charge in [-0.3, -0.25) is 0 Å². The lowest BCUT2D eigenvalue weighted by Crippen LogP contribution is -2.24. The maximum absolute atomic E-state index is 8.64. The third kappa shape index (κ3) is 3.19. The zero-order valence-corrected chi connectivity index (χ0v) is 9.82. The number of rotatable bonds is 6. The van der Waals surface area contributed by atoms with Crippen molar-refractivity contribution in [2.24, 2.45) is 0 Å². The molecular weight excluding hydrogens is 212 g/mol. The van der Waals surface area contributed by atoms with E-state index in [0.717, 1.165) is 18.8 Å². The summed E-state index contributed by atoms with van der Waals surface area (Å²) in [6.45, 7) is 2.54. The summed E-state index contributed by atoms with van der Waals surface area (Å²) in [4.78, 5) is 0. The van der Waals surface area contributed by atoms with Crippen molar-refractivity contribution in [1.82, 2.24) is 5.32 Å². The van der Waals surface area contributed by atoms with Crippen LogP contribution in [0.5, 0.6) is 0 Å². The van der Waals surface area contributed by atoms with Crippen molar-refractivity contribution >= 4 is 16.5 Å². The van der Waals surface area contributed by atoms with Crippen LogP contribution in [0.25, 0.3) is 10.8 Å². The Balaban J connectivity index is 1.98. The van der Waals surface area contributed by atoms with Crippen molar-refractivity contribution in [2.45, 2.75) is 0 Å². The second-order valence-corrected chi connectivity index (χ2v) is 3.93. The fourth-order valence-electron chi connectivity index (χ4n) is 1.87. The van der Waals surface area contributed by atoms with Gasteiger partial charge in [0, 0.05) is 30.7 Å². The van der Waals surface area contributed by atoms with E-state index in [1.807, 2.05) is 0 Å². The van der Waals surface area contributed by atoms with Gasteiger partial charge in [-0.2, -0.15) is 0 Å². The molecule has 0 amide bonds. The van der Waals surface area contributed by atoms with Crippen LogP contribution in [0.2, 0.25) is 0 Å². The summed E-state index contributed by atoms with van der Waals surface area (Å²) in [6, 6.07) is 14.6. The Kier molecular flexibility index (Phi) is 4.36. The van der Waals surface area contributed by atoms with Crippen LogP contribution >= 0.6 is 0 Å². The van der Waals surface area contributed by atoms with E-state index in [-0.39, 0.29) is 6.61 Å². The number of hydrogen-bond donors (Lipinski definition) is 3. The van der Waals surface area contributed by atoms with E-state index in [4.69, 9.17) is 5.11 Å². The van der Waals surface area contributed by atoms with Crippen molar-refractivity contribution in [1.29, 1.82) is 0 Å². The van der Waals surface area contributed by atoms with Crippen LogP contribution < -0.4 is 10.6 Å². The summed E-state index contributed by atoms with van der Waals surface area (Å²) < 4.78 is 0. The lowest BCUT2D eigenvalue weighted by Gasteiger charge is -2.10. The first-order chi connectivity index (χ1) is 8.42. The van der Waals surface area contributed by atoms with Gasteiger partial charge in [-0.25, -0.2) is 0 Å². The minimum absolute atomic E-state index is 0.189. The predicted octanol–water partition coefficient (Wildman–Crippen LogP) is 1.83. The smallest absolute Gasteiger partial charge is 0.0555 e. The zero-order valence-electron chi connectivity index (χ0n) is 9.82. The predicted molar refractivity (Wildman–Crippen MR) is 72.4 cm³/mol. The van der Waals surface area contributed by atoms with E-state index in [2.05, 4.69) is 53.1 Å². The number of anilines is 1. The Morgan fingerprint density at radius 2 is 1.71 bits per heavy atom. The second-order valence-electron chi connectivity index (χ2n) is 3.93. The standard InChI is InChI=1S/C14H18N2O/c17-11-10-15-8-9-16-14-7-3-5-12-4-1-2-6-13(12)14/h1-7,15-17H,8-11H2. The van der Waals surface area contributed by atoms with Crippen molar-refractivity contribution < 1.29 is 5.11 Å². The van der Waals surface area contributed by atoms with Gasteiger partial charge >= 0.3 is 0 Å². The van der Waals surface area contributed by atoms with Gasteiger partial charge < -0.3 is 15.7 Å². The van der Waals surface area contributed by atoms with Crippen LogP contribution in [0, 0.1) is 0 Å². The molecule has 90 valence electrons. The molecule has 0 bridgehead atoms. The monoisotopic (exact) mass is 230 g/mol. The second kappa shape index (κ2) is 6.23. The van der Waals surface area contributed by atoms with Crippen LogP contribution in [-0.2, 0) is 0 Å². The van der Waals surface area contributed by atoms with E-state index < -0.39 is 0 Å². The normalized spacial score (nSPS) is 10.6. The zero-order chi connectivity index (χ0) is 11.9. The van der Waals surface area contributed by atoms with Gasteiger partial charge in [0.25, 0.3) is 0 Å². The fraction of sp³-hybridized carbons (Fsp3) is 0.286. The van der Waals surface area contributed by atoms with Gasteiger partial charge in [0.05, 0.1) is 6.61 Å². The molecule has 0 aliphatic rings. The lowest BCUT2D eigenvalue weighted by molar-refractivity contribution is 0.293. The third-order valence-electron chi connectivity index (χ3n) is 2.70. The first kappa shape index (κ1) is 11.9. The minimum Gasteiger partial charge on any atom is -0.395 e. The van der Waals surface area contributed by atoms with Crippen molar-refractivity contribution in [3.05, 3.63) is 42.5 Å². The summed E-state index contributed by atoms with van der Waals surface area (Å²) in [5.74, 6) is 0. The molecule has 0 spiro atoms. The summed E-state index contributed by atoms with van der Waals surface area (Å²) in [5.41, 5.74) is 1.16. The van der Waals surface area contributed by atoms with Crippen molar-refractivity contribution in [3.63, 3.8) is 0 Å². The van der Waals surface area contributed by atoms with E-state index in [1.54, 1.807) is 0 Å². The van der Waals surface area contributed by atoms with Crippen LogP contribution in [0.3, 0.4) is 0 Å². The molecule has 0 unspecified atom stereocenters. The molecule has 2 rings (SSSR count). The molecule has 0 saturated heterocycles. The molecule has 2 aromatic rings. The summed E-state index contributed by atoms with van der Waals surface area (Å²) in [5, 5.41) is 17.7. The molecule has 0 radical (unpaired) electrons. The first-order valence-electron chi connectivity index (χ1n) is 5.95. The SMILES string of the molecule is OCCNCCNc1cccc2ccccc12. The van der Waals surface area contributed by atoms with Crippen molar-refractivity contribution in [3.8, 4) is 0 Å². The number of hydrogen-bond acceptors (Lipinski definition) is 3. The summed E-state index contributed by atoms with van der Waals surface area (Å²) in [6.07, 6.45) is 0. The highest BCUT2D eigenvalue weighted by molar-refractivity contribution is 5.93. The largest absolute Gasteiger partial charge is 0.395 e. The van der Waals surface area contributed by atoms with Gasteiger partial charge in [0.2, 0.25) is 0 Å². The van der Waals surface area contributed by atoms with E-state index in [1.165, 1.54) is 10.8 Å². The highest BCUT2D eigenvalue weighted by Crippen LogP contribution is 2.22. The Hall–Kier alpha value is -1.58. The molecule has 2 aromatic carbocycles. The van der Waals surface area contributed by atoms with E-state index in [0.29, 0.717) is 6.54 Å². The molecule has 0 aliphatic heterocycles. The topological polar surface area (TPSA) is 44.3 Å². The maximum Gasteiger partial charge on any atom is 0.0555 e. The third-order valence-corrected chi connectivity index (χ3v) is 2.70. The van der Waals surface area contributed by atoms with E-state index >= 15 is 0 Å². The summed E-state index contributed by atoms with van der Waals surface area (Å²) in [7, 11) is 0. The number of fused-ring (bicyclic) bond motifs is 1. The van der Waals surface area contributed by atoms with Crippen LogP contribution in [0.15, 0.2) is 42.5 Å². The highest BCUT2D eigenvalue weighted by atomic mass is 16.3. The van der Waals surface area contributed by atoms with Crippen LogP contribution in [0.4, 0.5) is 5.69 Å². The number of benzene rings is 2. The van der Waals surface area contributed by atoms with E-state index in [9.17, 15) is 0 Å². The molecule has 0 aromatic heterocycles. The number of aliphatic hydroxyl groups excluding tert-OH is 1. The van der Waals surface area contributed by atoms with Crippen LogP contribution in [0.1, 0.15) is 0 Å². The molecule has 0 atom stereocenters. The van der Waals surface area contributed by atoms with Gasteiger partial charge in [0.1, 0.15) is 0 Å². The first-order valence-corrected chi connectivity index (χ1v) is 5.95. The van der Waals surface area contributed by atoms with Gasteiger partial charge in [0.15, 0.2) is 0 Å². The average Bonchev–Trinajstić information content (AvgIpc) is 2.39. The Bertz CT molecular complexity index is 465. The molecule has 3 nitrogen and oxygen atoms in total. The molecule has 0 heterocycles. The van der Waals surface area contributed by atoms with Gasteiger partial charge in [-0.1, -0.05) is 36.4 Å². The average molecular weight is 230 g/mol. The molecule has 3 heteroatoms. The quantitative estimate of drug-likeness (QED) is 0.663. The molecular formula is C14H18N2O. The number of aliphatic hydroxyl groups is 1. The Morgan fingerprint density at radius 1 is 0.882 bits per heavy atom. The molecule has 0 aliphatic carbocycles. The van der Waals surface area contributed by atoms with Crippen molar-refractivity contribution in [2.75, 3.05) is 31.6 Å². The molecule has 0 fully saturated rings. The molecule has 17 heavy (non-hydrogen) atoms. The summed E-state index contributed by atoms with van der Waals surface area (Å²) >= 11 is 0. The molecule has 0 saturated carbocycles.